The second-order valence-corrected chi connectivity index (χ2v) is 9.18. The van der Waals surface area contributed by atoms with E-state index in [1.165, 1.54) is 23.5 Å². The first-order chi connectivity index (χ1) is 14.3. The normalized spacial score (nSPS) is 41.1. The van der Waals surface area contributed by atoms with Crippen molar-refractivity contribution in [3.63, 3.8) is 0 Å². The van der Waals surface area contributed by atoms with Gasteiger partial charge in [-0.2, -0.15) is 0 Å². The van der Waals surface area contributed by atoms with Crippen molar-refractivity contribution in [1.82, 2.24) is 31.9 Å². The number of nitrogens with two attached hydrogens (primary N) is 2. The largest absolute Gasteiger partial charge is 0.461 e. The van der Waals surface area contributed by atoms with E-state index in [2.05, 4.69) is 43.4 Å². The zero-order valence-corrected chi connectivity index (χ0v) is 17.4. The van der Waals surface area contributed by atoms with Gasteiger partial charge >= 0.3 is 11.9 Å². The lowest BCUT2D eigenvalue weighted by molar-refractivity contribution is -0.150. The first-order valence-corrected chi connectivity index (χ1v) is 11.0. The van der Waals surface area contributed by atoms with Crippen LogP contribution in [0, 0.1) is 0 Å². The number of rotatable bonds is 9. The fourth-order valence-electron chi connectivity index (χ4n) is 2.50. The number of carbonyl (C=O) groups is 2. The van der Waals surface area contributed by atoms with Crippen molar-refractivity contribution in [1.29, 1.82) is 0 Å². The van der Waals surface area contributed by atoms with Crippen LogP contribution in [0.5, 0.6) is 0 Å². The second kappa shape index (κ2) is 9.80. The van der Waals surface area contributed by atoms with Gasteiger partial charge in [0, 0.05) is 0 Å². The van der Waals surface area contributed by atoms with Crippen LogP contribution in [0.4, 0.5) is 0 Å². The third-order valence-corrected chi connectivity index (χ3v) is 6.60. The molecule has 0 aromatic carbocycles. The van der Waals surface area contributed by atoms with E-state index in [1.54, 1.807) is 0 Å². The molecule has 0 saturated carbocycles. The highest BCUT2D eigenvalue weighted by Gasteiger charge is 2.63. The fraction of sp³-hybridized carbons (Fsp3) is 0.833. The molecule has 3 saturated heterocycles. The average molecular weight is 479 g/mol. The number of esters is 2. The Kier molecular flexibility index (Phi) is 6.95. The Hall–Kier alpha value is -0.100. The fourth-order valence-corrected chi connectivity index (χ4v) is 5.11. The lowest BCUT2D eigenvalue weighted by Gasteiger charge is -2.33. The van der Waals surface area contributed by atoms with Crippen molar-refractivity contribution in [3.8, 4) is 0 Å². The van der Waals surface area contributed by atoms with Crippen LogP contribution in [-0.4, -0.2) is 70.5 Å². The van der Waals surface area contributed by atoms with Gasteiger partial charge in [0.05, 0.1) is 5.75 Å². The molecule has 3 rings (SSSR count). The first-order valence-electron chi connectivity index (χ1n) is 9.19. The maximum absolute atomic E-state index is 12.2. The Morgan fingerprint density at radius 1 is 1.07 bits per heavy atom. The van der Waals surface area contributed by atoms with Gasteiger partial charge in [-0.25, -0.2) is 0 Å². The van der Waals surface area contributed by atoms with Crippen molar-refractivity contribution in [3.05, 3.63) is 0 Å². The van der Waals surface area contributed by atoms with Crippen molar-refractivity contribution in [2.45, 2.75) is 39.6 Å². The molecule has 28 heavy (non-hydrogen) atoms. The highest BCUT2D eigenvalue weighted by molar-refractivity contribution is 8.09. The summed E-state index contributed by atoms with van der Waals surface area (Å²) in [5, 5.41) is 17.0. The van der Waals surface area contributed by atoms with Gasteiger partial charge in [0.1, 0.15) is 55.6 Å². The molecular formula is C12H22Cl2N8O4S2. The van der Waals surface area contributed by atoms with Gasteiger partial charge in [-0.1, -0.05) is 23.2 Å². The molecule has 0 aromatic heterocycles. The maximum Gasteiger partial charge on any atom is 0.323 e. The van der Waals surface area contributed by atoms with Gasteiger partial charge < -0.3 is 20.9 Å². The molecule has 12 nitrogen and oxygen atoms in total. The lowest BCUT2D eigenvalue weighted by atomic mass is 10.3. The molecule has 0 amide bonds. The molecule has 3 aliphatic rings. The van der Waals surface area contributed by atoms with Crippen LogP contribution in [0.25, 0.3) is 0 Å². The van der Waals surface area contributed by atoms with Crippen molar-refractivity contribution in [2.24, 2.45) is 11.5 Å². The van der Waals surface area contributed by atoms with E-state index in [-0.39, 0.29) is 24.5 Å². The number of carbonyl (C=O) groups excluding carboxylic acids is 2. The maximum atomic E-state index is 12.2. The third kappa shape index (κ3) is 6.20. The summed E-state index contributed by atoms with van der Waals surface area (Å²) in [4.78, 5) is 23.2. The minimum Gasteiger partial charge on any atom is -0.461 e. The van der Waals surface area contributed by atoms with E-state index in [9.17, 15) is 9.59 Å². The van der Waals surface area contributed by atoms with Crippen molar-refractivity contribution in [2.75, 3.05) is 19.0 Å². The molecule has 1 spiro atoms. The molecule has 0 bridgehead atoms. The molecule has 16 heteroatoms. The minimum atomic E-state index is -0.804. The summed E-state index contributed by atoms with van der Waals surface area (Å²) < 4.78 is 24.5. The Morgan fingerprint density at radius 2 is 1.82 bits per heavy atom. The Labute approximate surface area is 182 Å². The van der Waals surface area contributed by atoms with Crippen molar-refractivity contribution < 1.29 is 21.9 Å². The van der Waals surface area contributed by atoms with Crippen LogP contribution in [-0.2, 0) is 19.1 Å². The van der Waals surface area contributed by atoms with Crippen LogP contribution < -0.4 is 43.4 Å². The molecule has 3 aliphatic heterocycles. The van der Waals surface area contributed by atoms with Crippen LogP contribution in [0.3, 0.4) is 0 Å². The number of halogens is 2. The molecule has 10 N–H and O–H groups in total. The lowest BCUT2D eigenvalue weighted by Crippen LogP contribution is -2.71. The monoisotopic (exact) mass is 478 g/mol. The standard InChI is InChI=1S/C12H22Cl2N8O4S2/c13-7-17-9(15)20-11(19-7)27-3-4(23)25-1-2-26-6(24)5-12(28-5)21-8(14)18-10(16)22-12/h5,7-11,17-22H,1-3,15-16H2/i/hD2. The number of hydrogen-bond donors (Lipinski definition) is 8. The van der Waals surface area contributed by atoms with Gasteiger partial charge in [-0.3, -0.25) is 41.5 Å². The molecule has 3 fully saturated rings. The van der Waals surface area contributed by atoms with Crippen molar-refractivity contribution >= 4 is 58.7 Å². The molecule has 7 unspecified atom stereocenters. The predicted molar refractivity (Wildman–Crippen MR) is 106 cm³/mol. The first kappa shape index (κ1) is 19.8. The number of ether oxygens (including phenoxy) is 2. The second-order valence-electron chi connectivity index (χ2n) is 5.86. The Bertz CT molecular complexity index is 637. The number of nitrogens with one attached hydrogen (secondary N) is 6. The van der Waals surface area contributed by atoms with Gasteiger partial charge in [-0.15, -0.1) is 23.5 Å². The summed E-state index contributed by atoms with van der Waals surface area (Å²) in [5.74, 6) is -0.924. The summed E-state index contributed by atoms with van der Waals surface area (Å²) in [6, 6.07) is 0. The van der Waals surface area contributed by atoms with E-state index in [0.717, 1.165) is 0 Å². The number of hydrogen-bond acceptors (Lipinski definition) is 14. The molecule has 0 aromatic rings. The van der Waals surface area contributed by atoms with Gasteiger partial charge in [0.2, 0.25) is 0 Å². The van der Waals surface area contributed by atoms with E-state index in [4.69, 9.17) is 35.5 Å². The van der Waals surface area contributed by atoms with E-state index < -0.39 is 46.0 Å². The predicted octanol–water partition coefficient (Wildman–Crippen LogP) is -3.05. The zero-order chi connectivity index (χ0) is 21.7. The van der Waals surface area contributed by atoms with Gasteiger partial charge in [-0.05, 0) is 0 Å². The Balaban J connectivity index is 1.29. The van der Waals surface area contributed by atoms with Crippen LogP contribution >= 0.6 is 46.7 Å². The van der Waals surface area contributed by atoms with Crippen LogP contribution in [0.1, 0.15) is 0 Å². The minimum absolute atomic E-state index is 0.0357. The quantitative estimate of drug-likeness (QED) is 0.0550. The summed E-state index contributed by atoms with van der Waals surface area (Å²) in [6.45, 7) is -0.154. The molecule has 0 radical (unpaired) electrons. The Morgan fingerprint density at radius 3 is 2.61 bits per heavy atom. The SMILES string of the molecule is [2H]NC1NC(Cl)NC(SCC(=O)OCCOC(=O)C2SC23NC(Cl)NC(N[2H])N3)N1. The average Bonchev–Trinajstić information content (AvgIpc) is 3.40. The topological polar surface area (TPSA) is 177 Å². The highest BCUT2D eigenvalue weighted by atomic mass is 35.5. The highest BCUT2D eigenvalue weighted by Crippen LogP contribution is 2.51. The van der Waals surface area contributed by atoms with Crippen LogP contribution in [0.2, 0.25) is 2.82 Å². The molecule has 160 valence electrons. The van der Waals surface area contributed by atoms with Crippen LogP contribution in [0.15, 0.2) is 0 Å². The van der Waals surface area contributed by atoms with E-state index >= 15 is 0 Å². The summed E-state index contributed by atoms with van der Waals surface area (Å²) in [6.07, 6.45) is -1.10. The molecule has 3 heterocycles. The van der Waals surface area contributed by atoms with E-state index in [1.807, 2.05) is 0 Å². The van der Waals surface area contributed by atoms with E-state index in [0.29, 0.717) is 0 Å². The zero-order valence-electron chi connectivity index (χ0n) is 16.3. The smallest absolute Gasteiger partial charge is 0.323 e. The molecule has 0 aliphatic carbocycles. The summed E-state index contributed by atoms with van der Waals surface area (Å²) in [7, 11) is 0. The third-order valence-electron chi connectivity index (χ3n) is 3.73. The van der Waals surface area contributed by atoms with Gasteiger partial charge in [0.25, 0.3) is 0 Å². The summed E-state index contributed by atoms with van der Waals surface area (Å²) >= 11 is 14.4. The summed E-state index contributed by atoms with van der Waals surface area (Å²) in [5.41, 5.74) is 2.94. The number of alkyl halides is 2. The number of thioether (sulfide) groups is 2. The molecular weight excluding hydrogens is 455 g/mol. The van der Waals surface area contributed by atoms with Gasteiger partial charge in [0.15, 0.2) is 0 Å². The molecule has 7 atom stereocenters.